The molecule has 3 rings (SSSR count). The minimum absolute atomic E-state index is 0.00890. The lowest BCUT2D eigenvalue weighted by molar-refractivity contribution is -0.140. The van der Waals surface area contributed by atoms with Gasteiger partial charge in [0, 0.05) is 18.7 Å². The fourth-order valence-corrected chi connectivity index (χ4v) is 4.56. The third kappa shape index (κ3) is 6.07. The number of Topliss-reactive ketones (excluding diaryl/α,β-unsaturated/α-hetero) is 1. The number of aliphatic hydroxyl groups excluding tert-OH is 1. The molecule has 0 radical (unpaired) electrons. The maximum absolute atomic E-state index is 13.3. The Balaban J connectivity index is 2.14. The maximum atomic E-state index is 13.3. The van der Waals surface area contributed by atoms with Crippen LogP contribution in [0.3, 0.4) is 0 Å². The molecule has 1 saturated heterocycles. The molecule has 1 fully saturated rings. The molecule has 2 aromatic rings. The summed E-state index contributed by atoms with van der Waals surface area (Å²) in [6.07, 6.45) is -0.0108. The minimum atomic E-state index is -0.831. The van der Waals surface area contributed by atoms with Gasteiger partial charge in [-0.05, 0) is 82.2 Å². The molecule has 37 heavy (non-hydrogen) atoms. The van der Waals surface area contributed by atoms with Crippen LogP contribution in [0.1, 0.15) is 57.4 Å². The molecule has 0 aromatic heterocycles. The highest BCUT2D eigenvalue weighted by Crippen LogP contribution is 2.42. The Kier molecular flexibility index (Phi) is 9.21. The lowest BCUT2D eigenvalue weighted by Crippen LogP contribution is -2.38. The number of likely N-dealkylation sites (N-methyl/N-ethyl adjacent to an activating group) is 1. The van der Waals surface area contributed by atoms with Crippen molar-refractivity contribution in [2.24, 2.45) is 0 Å². The van der Waals surface area contributed by atoms with Gasteiger partial charge < -0.3 is 29.5 Å². The van der Waals surface area contributed by atoms with Gasteiger partial charge in [-0.25, -0.2) is 0 Å². The van der Waals surface area contributed by atoms with Gasteiger partial charge in [0.05, 0.1) is 24.3 Å². The number of aromatic hydroxyl groups is 1. The number of hydrogen-bond acceptors (Lipinski definition) is 7. The zero-order chi connectivity index (χ0) is 27.3. The summed E-state index contributed by atoms with van der Waals surface area (Å²) in [5.74, 6) is -0.765. The summed E-state index contributed by atoms with van der Waals surface area (Å²) in [5.41, 5.74) is 1.80. The number of amides is 1. The minimum Gasteiger partial charge on any atom is -0.507 e. The topological polar surface area (TPSA) is 99.5 Å². The molecule has 0 aliphatic carbocycles. The third-order valence-corrected chi connectivity index (χ3v) is 6.50. The molecule has 2 N–H and O–H groups in total. The molecule has 1 amide bonds. The molecule has 8 heteroatoms. The zero-order valence-electron chi connectivity index (χ0n) is 22.6. The zero-order valence-corrected chi connectivity index (χ0v) is 22.6. The summed E-state index contributed by atoms with van der Waals surface area (Å²) in [4.78, 5) is 30.3. The number of carbonyl (C=O) groups is 2. The second-order valence-electron chi connectivity index (χ2n) is 9.33. The van der Waals surface area contributed by atoms with Crippen molar-refractivity contribution >= 4 is 17.4 Å². The Morgan fingerprint density at radius 1 is 1.05 bits per heavy atom. The van der Waals surface area contributed by atoms with Crippen LogP contribution in [0.5, 0.6) is 17.2 Å². The first kappa shape index (κ1) is 28.1. The van der Waals surface area contributed by atoms with E-state index in [1.54, 1.807) is 37.3 Å². The number of rotatable bonds is 11. The Hall–Kier alpha value is -3.52. The van der Waals surface area contributed by atoms with E-state index in [0.29, 0.717) is 36.6 Å². The quantitative estimate of drug-likeness (QED) is 0.258. The van der Waals surface area contributed by atoms with Gasteiger partial charge in [0.15, 0.2) is 11.5 Å². The summed E-state index contributed by atoms with van der Waals surface area (Å²) in [7, 11) is 0. The summed E-state index contributed by atoms with van der Waals surface area (Å²) in [6, 6.07) is 9.10. The Bertz CT molecular complexity index is 1170. The van der Waals surface area contributed by atoms with Gasteiger partial charge in [-0.1, -0.05) is 19.9 Å². The molecule has 1 aliphatic heterocycles. The molecule has 8 nitrogen and oxygen atoms in total. The number of phenolic OH excluding ortho intramolecular Hbond substituents is 1. The maximum Gasteiger partial charge on any atom is 0.295 e. The number of aliphatic hydroxyl groups is 1. The average molecular weight is 511 g/mol. The summed E-state index contributed by atoms with van der Waals surface area (Å²) < 4.78 is 11.4. The molecule has 0 bridgehead atoms. The SMILES string of the molecule is CCOc1cc([C@H]2C(=C(O)c3ccc(OC(C)C)c(C)c3)C(=O)C(=O)N2CCN(CC)CC)ccc1O. The third-order valence-electron chi connectivity index (χ3n) is 6.50. The van der Waals surface area contributed by atoms with Crippen LogP contribution in [0.25, 0.3) is 5.76 Å². The molecule has 1 atom stereocenters. The van der Waals surface area contributed by atoms with Crippen LogP contribution in [0.4, 0.5) is 0 Å². The molecular weight excluding hydrogens is 472 g/mol. The van der Waals surface area contributed by atoms with Crippen LogP contribution in [0.15, 0.2) is 42.0 Å². The van der Waals surface area contributed by atoms with Crippen molar-refractivity contribution in [1.82, 2.24) is 9.80 Å². The predicted molar refractivity (Wildman–Crippen MR) is 143 cm³/mol. The highest BCUT2D eigenvalue weighted by molar-refractivity contribution is 6.46. The number of nitrogens with zero attached hydrogens (tertiary/aromatic N) is 2. The molecule has 0 saturated carbocycles. The van der Waals surface area contributed by atoms with Crippen molar-refractivity contribution in [2.75, 3.05) is 32.8 Å². The van der Waals surface area contributed by atoms with Gasteiger partial charge in [0.2, 0.25) is 0 Å². The first-order chi connectivity index (χ1) is 17.6. The summed E-state index contributed by atoms with van der Waals surface area (Å²) >= 11 is 0. The van der Waals surface area contributed by atoms with Crippen molar-refractivity contribution in [3.05, 3.63) is 58.7 Å². The Morgan fingerprint density at radius 3 is 2.35 bits per heavy atom. The van der Waals surface area contributed by atoms with Gasteiger partial charge >= 0.3 is 0 Å². The fraction of sp³-hybridized carbons (Fsp3) is 0.448. The number of phenols is 1. The van der Waals surface area contributed by atoms with Gasteiger partial charge in [0.1, 0.15) is 11.5 Å². The molecular formula is C29H38N2O6. The number of hydrogen-bond donors (Lipinski definition) is 2. The van der Waals surface area contributed by atoms with E-state index < -0.39 is 17.7 Å². The number of aryl methyl sites for hydroxylation is 1. The van der Waals surface area contributed by atoms with Crippen LogP contribution in [-0.2, 0) is 9.59 Å². The summed E-state index contributed by atoms with van der Waals surface area (Å²) in [5, 5.41) is 21.6. The van der Waals surface area contributed by atoms with E-state index >= 15 is 0 Å². The molecule has 1 aliphatic rings. The number of ketones is 1. The van der Waals surface area contributed by atoms with Crippen LogP contribution in [0, 0.1) is 6.92 Å². The monoisotopic (exact) mass is 510 g/mol. The lowest BCUT2D eigenvalue weighted by Gasteiger charge is -2.28. The van der Waals surface area contributed by atoms with Crippen molar-refractivity contribution in [3.63, 3.8) is 0 Å². The van der Waals surface area contributed by atoms with E-state index in [9.17, 15) is 19.8 Å². The van der Waals surface area contributed by atoms with Crippen LogP contribution >= 0.6 is 0 Å². The smallest absolute Gasteiger partial charge is 0.295 e. The van der Waals surface area contributed by atoms with Gasteiger partial charge in [-0.2, -0.15) is 0 Å². The normalized spacial score (nSPS) is 17.2. The number of carbonyl (C=O) groups excluding carboxylic acids is 2. The Morgan fingerprint density at radius 2 is 1.76 bits per heavy atom. The highest BCUT2D eigenvalue weighted by atomic mass is 16.5. The Labute approximate surface area is 219 Å². The van der Waals surface area contributed by atoms with Crippen molar-refractivity contribution in [3.8, 4) is 17.2 Å². The number of likely N-dealkylation sites (tertiary alicyclic amines) is 1. The highest BCUT2D eigenvalue weighted by Gasteiger charge is 2.46. The average Bonchev–Trinajstić information content (AvgIpc) is 3.11. The van der Waals surface area contributed by atoms with Crippen LogP contribution in [0.2, 0.25) is 0 Å². The van der Waals surface area contributed by atoms with E-state index in [4.69, 9.17) is 9.47 Å². The number of benzene rings is 2. The van der Waals surface area contributed by atoms with E-state index in [0.717, 1.165) is 18.7 Å². The number of ether oxygens (including phenoxy) is 2. The van der Waals surface area contributed by atoms with Crippen molar-refractivity contribution < 1.29 is 29.3 Å². The molecule has 0 spiro atoms. The predicted octanol–water partition coefficient (Wildman–Crippen LogP) is 4.65. The fourth-order valence-electron chi connectivity index (χ4n) is 4.56. The van der Waals surface area contributed by atoms with Gasteiger partial charge in [-0.3, -0.25) is 9.59 Å². The largest absolute Gasteiger partial charge is 0.507 e. The lowest BCUT2D eigenvalue weighted by atomic mass is 9.94. The molecule has 200 valence electrons. The second-order valence-corrected chi connectivity index (χ2v) is 9.33. The van der Waals surface area contributed by atoms with Gasteiger partial charge in [0.25, 0.3) is 11.7 Å². The molecule has 2 aromatic carbocycles. The van der Waals surface area contributed by atoms with Crippen LogP contribution in [-0.4, -0.2) is 70.6 Å². The first-order valence-corrected chi connectivity index (χ1v) is 12.9. The molecule has 1 heterocycles. The second kappa shape index (κ2) is 12.1. The standard InChI is InChI=1S/C29H38N2O6/c1-7-30(8-2)14-15-31-26(20-10-12-22(32)24(17-20)36-9-3)25(28(34)29(31)35)27(33)21-11-13-23(19(6)16-21)37-18(4)5/h10-13,16-18,26,32-33H,7-9,14-15H2,1-6H3/t26-/m0/s1. The van der Waals surface area contributed by atoms with Crippen molar-refractivity contribution in [2.45, 2.75) is 53.7 Å². The molecule has 0 unspecified atom stereocenters. The van der Waals surface area contributed by atoms with E-state index in [2.05, 4.69) is 4.90 Å². The van der Waals surface area contributed by atoms with E-state index in [1.165, 1.54) is 11.0 Å². The van der Waals surface area contributed by atoms with Crippen LogP contribution < -0.4 is 9.47 Å². The summed E-state index contributed by atoms with van der Waals surface area (Å²) in [6.45, 7) is 14.4. The first-order valence-electron chi connectivity index (χ1n) is 12.9. The van der Waals surface area contributed by atoms with E-state index in [1.807, 2.05) is 34.6 Å². The van der Waals surface area contributed by atoms with Crippen molar-refractivity contribution in [1.29, 1.82) is 0 Å². The van der Waals surface area contributed by atoms with E-state index in [-0.39, 0.29) is 28.9 Å². The van der Waals surface area contributed by atoms with Gasteiger partial charge in [-0.15, -0.1) is 0 Å².